The van der Waals surface area contributed by atoms with Gasteiger partial charge < -0.3 is 20.9 Å². The normalized spacial score (nSPS) is 14.4. The summed E-state index contributed by atoms with van der Waals surface area (Å²) in [5.74, 6) is -0.164. The van der Waals surface area contributed by atoms with Crippen LogP contribution in [0.25, 0.3) is 0 Å². The molecule has 1 aromatic carbocycles. The Morgan fingerprint density at radius 2 is 2.09 bits per heavy atom. The molecule has 23 heavy (non-hydrogen) atoms. The molecule has 0 fully saturated rings. The summed E-state index contributed by atoms with van der Waals surface area (Å²) in [5, 5.41) is 8.78. The maximum atomic E-state index is 12.1. The summed E-state index contributed by atoms with van der Waals surface area (Å²) in [5.41, 5.74) is 2.17. The van der Waals surface area contributed by atoms with Crippen molar-refractivity contribution in [3.8, 4) is 0 Å². The number of amides is 2. The van der Waals surface area contributed by atoms with Gasteiger partial charge in [-0.25, -0.2) is 0 Å². The van der Waals surface area contributed by atoms with E-state index in [2.05, 4.69) is 16.0 Å². The highest BCUT2D eigenvalue weighted by molar-refractivity contribution is 6.00. The van der Waals surface area contributed by atoms with Crippen LogP contribution >= 0.6 is 24.8 Å². The van der Waals surface area contributed by atoms with Crippen LogP contribution in [0.4, 0.5) is 11.4 Å². The van der Waals surface area contributed by atoms with E-state index in [1.54, 1.807) is 12.1 Å². The third kappa shape index (κ3) is 5.57. The van der Waals surface area contributed by atoms with Gasteiger partial charge in [0.1, 0.15) is 0 Å². The van der Waals surface area contributed by atoms with E-state index in [1.807, 2.05) is 32.0 Å². The molecule has 0 bridgehead atoms. The first-order chi connectivity index (χ1) is 10.0. The minimum absolute atomic E-state index is 0. The van der Waals surface area contributed by atoms with E-state index >= 15 is 0 Å². The van der Waals surface area contributed by atoms with Gasteiger partial charge in [-0.3, -0.25) is 9.59 Å². The fourth-order valence-corrected chi connectivity index (χ4v) is 2.16. The standard InChI is InChI=1S/C15H22N4O2.2ClH/c1-10(16-2)9-17-15(21)11-4-5-13-12(8-11)18-14(20)6-7-19(13)3;;/h4-5,8,10,16H,6-7,9H2,1-3H3,(H,17,21)(H,18,20);2*1H. The lowest BCUT2D eigenvalue weighted by molar-refractivity contribution is -0.115. The number of rotatable bonds is 4. The monoisotopic (exact) mass is 362 g/mol. The van der Waals surface area contributed by atoms with E-state index in [-0.39, 0.29) is 42.7 Å². The highest BCUT2D eigenvalue weighted by atomic mass is 35.5. The van der Waals surface area contributed by atoms with E-state index < -0.39 is 0 Å². The molecule has 6 nitrogen and oxygen atoms in total. The number of benzene rings is 1. The number of hydrogen-bond donors (Lipinski definition) is 3. The Morgan fingerprint density at radius 3 is 2.74 bits per heavy atom. The van der Waals surface area contributed by atoms with Gasteiger partial charge in [-0.1, -0.05) is 0 Å². The number of fused-ring (bicyclic) bond motifs is 1. The van der Waals surface area contributed by atoms with Gasteiger partial charge in [-0.05, 0) is 32.2 Å². The lowest BCUT2D eigenvalue weighted by Gasteiger charge is -2.19. The number of nitrogens with zero attached hydrogens (tertiary/aromatic N) is 1. The van der Waals surface area contributed by atoms with Gasteiger partial charge in [0, 0.05) is 38.2 Å². The fourth-order valence-electron chi connectivity index (χ4n) is 2.16. The molecule has 1 atom stereocenters. The van der Waals surface area contributed by atoms with Gasteiger partial charge >= 0.3 is 0 Å². The second kappa shape index (κ2) is 9.60. The molecule has 0 spiro atoms. The number of carbonyl (C=O) groups excluding carboxylic acids is 2. The first-order valence-corrected chi connectivity index (χ1v) is 7.11. The molecule has 1 aliphatic heterocycles. The Morgan fingerprint density at radius 1 is 1.39 bits per heavy atom. The van der Waals surface area contributed by atoms with E-state index in [0.717, 1.165) is 5.69 Å². The summed E-state index contributed by atoms with van der Waals surface area (Å²) in [6.07, 6.45) is 0.451. The van der Waals surface area contributed by atoms with E-state index in [9.17, 15) is 9.59 Å². The average Bonchev–Trinajstić information content (AvgIpc) is 2.63. The van der Waals surface area contributed by atoms with Crippen molar-refractivity contribution in [2.24, 2.45) is 0 Å². The summed E-state index contributed by atoms with van der Waals surface area (Å²) >= 11 is 0. The second-order valence-corrected chi connectivity index (χ2v) is 5.35. The minimum Gasteiger partial charge on any atom is -0.372 e. The van der Waals surface area contributed by atoms with Gasteiger partial charge in [0.25, 0.3) is 5.91 Å². The van der Waals surface area contributed by atoms with Gasteiger partial charge in [0.05, 0.1) is 11.4 Å². The molecular formula is C15H24Cl2N4O2. The van der Waals surface area contributed by atoms with Crippen molar-refractivity contribution < 1.29 is 9.59 Å². The molecule has 2 rings (SSSR count). The number of carbonyl (C=O) groups is 2. The Labute approximate surface area is 149 Å². The molecule has 3 N–H and O–H groups in total. The molecule has 1 unspecified atom stereocenters. The Hall–Kier alpha value is -1.50. The highest BCUT2D eigenvalue weighted by Gasteiger charge is 2.18. The average molecular weight is 363 g/mol. The Balaban J connectivity index is 0.00000242. The maximum Gasteiger partial charge on any atom is 0.251 e. The largest absolute Gasteiger partial charge is 0.372 e. The zero-order chi connectivity index (χ0) is 15.4. The molecule has 8 heteroatoms. The van der Waals surface area contributed by atoms with E-state index in [1.165, 1.54) is 0 Å². The molecule has 0 saturated carbocycles. The molecule has 0 saturated heterocycles. The second-order valence-electron chi connectivity index (χ2n) is 5.35. The Kier molecular flexibility index (Phi) is 8.97. The summed E-state index contributed by atoms with van der Waals surface area (Å²) in [4.78, 5) is 25.8. The van der Waals surface area contributed by atoms with Crippen LogP contribution in [0.2, 0.25) is 0 Å². The summed E-state index contributed by atoms with van der Waals surface area (Å²) < 4.78 is 0. The summed E-state index contributed by atoms with van der Waals surface area (Å²) in [7, 11) is 3.79. The van der Waals surface area contributed by atoms with Crippen LogP contribution in [0.3, 0.4) is 0 Å². The maximum absolute atomic E-state index is 12.1. The lowest BCUT2D eigenvalue weighted by Crippen LogP contribution is -2.37. The number of likely N-dealkylation sites (N-methyl/N-ethyl adjacent to an activating group) is 1. The van der Waals surface area contributed by atoms with Gasteiger partial charge in [-0.2, -0.15) is 0 Å². The van der Waals surface area contributed by atoms with Crippen molar-refractivity contribution in [2.75, 3.05) is 37.4 Å². The van der Waals surface area contributed by atoms with Crippen molar-refractivity contribution in [3.05, 3.63) is 23.8 Å². The number of nitrogens with one attached hydrogen (secondary N) is 3. The first-order valence-electron chi connectivity index (χ1n) is 7.11. The summed E-state index contributed by atoms with van der Waals surface area (Å²) in [6.45, 7) is 3.22. The molecule has 1 heterocycles. The van der Waals surface area contributed by atoms with E-state index in [4.69, 9.17) is 0 Å². The zero-order valence-electron chi connectivity index (χ0n) is 13.5. The third-order valence-electron chi connectivity index (χ3n) is 3.68. The van der Waals surface area contributed by atoms with Crippen LogP contribution in [0.15, 0.2) is 18.2 Å². The molecular weight excluding hydrogens is 339 g/mol. The molecule has 0 radical (unpaired) electrons. The third-order valence-corrected chi connectivity index (χ3v) is 3.68. The van der Waals surface area contributed by atoms with Gasteiger partial charge in [-0.15, -0.1) is 24.8 Å². The molecule has 130 valence electrons. The minimum atomic E-state index is -0.138. The lowest BCUT2D eigenvalue weighted by atomic mass is 10.1. The van der Waals surface area contributed by atoms with Crippen LogP contribution < -0.4 is 20.9 Å². The molecule has 1 aromatic rings. The fraction of sp³-hybridized carbons (Fsp3) is 0.467. The van der Waals surface area contributed by atoms with Crippen LogP contribution in [-0.2, 0) is 4.79 Å². The SMILES string of the molecule is CNC(C)CNC(=O)c1ccc2c(c1)NC(=O)CCN2C.Cl.Cl. The van der Waals surface area contributed by atoms with Crippen molar-refractivity contribution >= 4 is 48.0 Å². The van der Waals surface area contributed by atoms with Gasteiger partial charge in [0.2, 0.25) is 5.91 Å². The predicted octanol–water partition coefficient (Wildman–Crippen LogP) is 1.65. The smallest absolute Gasteiger partial charge is 0.251 e. The van der Waals surface area contributed by atoms with Gasteiger partial charge in [0.15, 0.2) is 0 Å². The molecule has 1 aliphatic rings. The number of anilines is 2. The summed E-state index contributed by atoms with van der Waals surface area (Å²) in [6, 6.07) is 5.60. The molecule has 0 aliphatic carbocycles. The van der Waals surface area contributed by atoms with Crippen molar-refractivity contribution in [3.63, 3.8) is 0 Å². The van der Waals surface area contributed by atoms with Crippen LogP contribution in [0.5, 0.6) is 0 Å². The number of hydrogen-bond acceptors (Lipinski definition) is 4. The predicted molar refractivity (Wildman–Crippen MR) is 98.3 cm³/mol. The first kappa shape index (κ1) is 21.5. The van der Waals surface area contributed by atoms with Crippen LogP contribution in [0.1, 0.15) is 23.7 Å². The Bertz CT molecular complexity index is 554. The molecule has 0 aromatic heterocycles. The van der Waals surface area contributed by atoms with Crippen LogP contribution in [-0.4, -0.2) is 45.0 Å². The molecule has 2 amide bonds. The quantitative estimate of drug-likeness (QED) is 0.761. The number of halogens is 2. The van der Waals surface area contributed by atoms with Crippen LogP contribution in [0, 0.1) is 0 Å². The zero-order valence-corrected chi connectivity index (χ0v) is 15.1. The van der Waals surface area contributed by atoms with Crippen molar-refractivity contribution in [2.45, 2.75) is 19.4 Å². The topological polar surface area (TPSA) is 73.5 Å². The van der Waals surface area contributed by atoms with Crippen molar-refractivity contribution in [1.82, 2.24) is 10.6 Å². The highest BCUT2D eigenvalue weighted by Crippen LogP contribution is 2.28. The van der Waals surface area contributed by atoms with Crippen molar-refractivity contribution in [1.29, 1.82) is 0 Å². The van der Waals surface area contributed by atoms with E-state index in [0.29, 0.717) is 30.8 Å².